The lowest BCUT2D eigenvalue weighted by molar-refractivity contribution is -0.172. The maximum atomic E-state index is 13.9. The van der Waals surface area contributed by atoms with Crippen molar-refractivity contribution in [3.05, 3.63) is 101 Å². The van der Waals surface area contributed by atoms with Crippen LogP contribution in [0.3, 0.4) is 0 Å². The Balaban J connectivity index is 1.71. The molecule has 1 aliphatic heterocycles. The van der Waals surface area contributed by atoms with Crippen LogP contribution in [0.25, 0.3) is 0 Å². The van der Waals surface area contributed by atoms with Gasteiger partial charge in [0.25, 0.3) is 5.91 Å². The van der Waals surface area contributed by atoms with Crippen molar-refractivity contribution in [2.45, 2.75) is 25.2 Å². The van der Waals surface area contributed by atoms with Gasteiger partial charge in [0.05, 0.1) is 19.7 Å². The summed E-state index contributed by atoms with van der Waals surface area (Å²) in [7, 11) is 1.51. The fourth-order valence-electron chi connectivity index (χ4n) is 4.48. The van der Waals surface area contributed by atoms with Crippen LogP contribution in [0.4, 0.5) is 0 Å². The number of carbonyl (C=O) groups excluding carboxylic acids is 2. The number of benzene rings is 3. The summed E-state index contributed by atoms with van der Waals surface area (Å²) in [6.07, 6.45) is -1.12. The smallest absolute Gasteiger partial charge is 0.323 e. The maximum absolute atomic E-state index is 13.9. The second-order valence-electron chi connectivity index (χ2n) is 8.64. The van der Waals surface area contributed by atoms with Crippen LogP contribution in [0.1, 0.15) is 22.7 Å². The molecular formula is C28H27ClN2O6. The van der Waals surface area contributed by atoms with E-state index in [1.54, 1.807) is 47.4 Å². The van der Waals surface area contributed by atoms with E-state index >= 15 is 0 Å². The van der Waals surface area contributed by atoms with E-state index < -0.39 is 30.6 Å². The maximum Gasteiger partial charge on any atom is 0.323 e. The predicted octanol–water partition coefficient (Wildman–Crippen LogP) is 3.93. The molecular weight excluding hydrogens is 496 g/mol. The normalized spacial score (nSPS) is 17.4. The second-order valence-corrected chi connectivity index (χ2v) is 9.08. The molecule has 9 heteroatoms. The summed E-state index contributed by atoms with van der Waals surface area (Å²) in [6.45, 7) is -0.646. The standard InChI is InChI=1S/C28H27ClN2O6/c1-36-23-13-6-5-11-21(23)16-30(17-25(33)34)28(35)27-26(20-9-3-2-4-10-20)31(24(32)18-37-27)15-19-8-7-12-22(29)14-19/h2-14,26-27H,15-18H2,1H3,(H,33,34)/t26-,27-/m1/s1. The van der Waals surface area contributed by atoms with Crippen molar-refractivity contribution in [2.75, 3.05) is 20.3 Å². The molecule has 192 valence electrons. The fraction of sp³-hybridized carbons (Fsp3) is 0.250. The van der Waals surface area contributed by atoms with Crippen molar-refractivity contribution in [3.8, 4) is 5.75 Å². The number of methoxy groups -OCH3 is 1. The van der Waals surface area contributed by atoms with E-state index in [-0.39, 0.29) is 25.6 Å². The van der Waals surface area contributed by atoms with Gasteiger partial charge in [0.15, 0.2) is 6.10 Å². The number of halogens is 1. The minimum atomic E-state index is -1.16. The minimum Gasteiger partial charge on any atom is -0.496 e. The molecule has 37 heavy (non-hydrogen) atoms. The molecule has 0 saturated carbocycles. The van der Waals surface area contributed by atoms with E-state index in [0.29, 0.717) is 21.9 Å². The summed E-state index contributed by atoms with van der Waals surface area (Å²) in [5.74, 6) is -1.45. The van der Waals surface area contributed by atoms with Crippen molar-refractivity contribution in [3.63, 3.8) is 0 Å². The number of hydrogen-bond donors (Lipinski definition) is 1. The molecule has 0 aliphatic carbocycles. The number of ether oxygens (including phenoxy) is 2. The molecule has 2 atom stereocenters. The minimum absolute atomic E-state index is 0.00123. The van der Waals surface area contributed by atoms with E-state index in [1.165, 1.54) is 12.0 Å². The number of para-hydroxylation sites is 1. The van der Waals surface area contributed by atoms with Crippen molar-refractivity contribution in [1.82, 2.24) is 9.80 Å². The van der Waals surface area contributed by atoms with Gasteiger partial charge in [-0.2, -0.15) is 0 Å². The van der Waals surface area contributed by atoms with E-state index in [0.717, 1.165) is 5.56 Å². The first-order valence-corrected chi connectivity index (χ1v) is 12.1. The molecule has 0 unspecified atom stereocenters. The Hall–Kier alpha value is -3.88. The van der Waals surface area contributed by atoms with Gasteiger partial charge in [0.2, 0.25) is 5.91 Å². The molecule has 3 aromatic rings. The molecule has 0 bridgehead atoms. The van der Waals surface area contributed by atoms with Crippen LogP contribution >= 0.6 is 11.6 Å². The summed E-state index contributed by atoms with van der Waals surface area (Å²) in [6, 6.07) is 22.6. The number of aliphatic carboxylic acids is 1. The lowest BCUT2D eigenvalue weighted by atomic mass is 9.95. The van der Waals surface area contributed by atoms with Crippen LogP contribution in [0, 0.1) is 0 Å². The summed E-state index contributed by atoms with van der Waals surface area (Å²) >= 11 is 6.17. The van der Waals surface area contributed by atoms with E-state index in [1.807, 2.05) is 36.4 Å². The molecule has 1 N–H and O–H groups in total. The SMILES string of the molecule is COc1ccccc1CN(CC(=O)O)C(=O)[C@@H]1OCC(=O)N(Cc2cccc(Cl)c2)[C@@H]1c1ccccc1. The first-order valence-electron chi connectivity index (χ1n) is 11.7. The van der Waals surface area contributed by atoms with Crippen LogP contribution in [-0.2, 0) is 32.2 Å². The Morgan fingerprint density at radius 3 is 2.51 bits per heavy atom. The number of rotatable bonds is 9. The van der Waals surface area contributed by atoms with Crippen LogP contribution in [0.2, 0.25) is 5.02 Å². The van der Waals surface area contributed by atoms with Gasteiger partial charge in [-0.3, -0.25) is 14.4 Å². The molecule has 4 rings (SSSR count). The Morgan fingerprint density at radius 1 is 1.08 bits per heavy atom. The first kappa shape index (κ1) is 26.2. The Morgan fingerprint density at radius 2 is 1.81 bits per heavy atom. The molecule has 2 amide bonds. The average Bonchev–Trinajstić information content (AvgIpc) is 2.89. The number of carboxylic acids is 1. The van der Waals surface area contributed by atoms with Gasteiger partial charge < -0.3 is 24.4 Å². The highest BCUT2D eigenvalue weighted by atomic mass is 35.5. The topological polar surface area (TPSA) is 96.4 Å². The van der Waals surface area contributed by atoms with Crippen LogP contribution < -0.4 is 4.74 Å². The highest BCUT2D eigenvalue weighted by Gasteiger charge is 2.43. The summed E-state index contributed by atoms with van der Waals surface area (Å²) in [5.41, 5.74) is 2.15. The number of morpholine rings is 1. The van der Waals surface area contributed by atoms with E-state index in [9.17, 15) is 19.5 Å². The quantitative estimate of drug-likeness (QED) is 0.457. The molecule has 1 aliphatic rings. The van der Waals surface area contributed by atoms with Crippen LogP contribution in [0.15, 0.2) is 78.9 Å². The molecule has 0 aromatic heterocycles. The zero-order valence-corrected chi connectivity index (χ0v) is 21.0. The van der Waals surface area contributed by atoms with Gasteiger partial charge in [-0.15, -0.1) is 0 Å². The number of nitrogens with zero attached hydrogens (tertiary/aromatic N) is 2. The van der Waals surface area contributed by atoms with Crippen LogP contribution in [0.5, 0.6) is 5.75 Å². The number of amides is 2. The fourth-order valence-corrected chi connectivity index (χ4v) is 4.69. The molecule has 3 aromatic carbocycles. The van der Waals surface area contributed by atoms with Crippen molar-refractivity contribution >= 4 is 29.4 Å². The zero-order chi connectivity index (χ0) is 26.4. The number of carbonyl (C=O) groups is 3. The van der Waals surface area contributed by atoms with Crippen LogP contribution in [-0.4, -0.2) is 59.1 Å². The highest BCUT2D eigenvalue weighted by molar-refractivity contribution is 6.30. The Labute approximate surface area is 220 Å². The van der Waals surface area contributed by atoms with Crippen molar-refractivity contribution in [2.24, 2.45) is 0 Å². The molecule has 1 fully saturated rings. The molecule has 0 spiro atoms. The number of carboxylic acid groups (broad SMARTS) is 1. The summed E-state index contributed by atoms with van der Waals surface area (Å²) in [4.78, 5) is 41.6. The summed E-state index contributed by atoms with van der Waals surface area (Å²) in [5, 5.41) is 10.1. The van der Waals surface area contributed by atoms with E-state index in [2.05, 4.69) is 0 Å². The second kappa shape index (κ2) is 11.9. The predicted molar refractivity (Wildman–Crippen MR) is 137 cm³/mol. The lowest BCUT2D eigenvalue weighted by Gasteiger charge is -2.42. The largest absolute Gasteiger partial charge is 0.496 e. The average molecular weight is 523 g/mol. The van der Waals surface area contributed by atoms with Gasteiger partial charge >= 0.3 is 5.97 Å². The van der Waals surface area contributed by atoms with E-state index in [4.69, 9.17) is 21.1 Å². The number of hydrogen-bond acceptors (Lipinski definition) is 5. The van der Waals surface area contributed by atoms with Crippen molar-refractivity contribution in [1.29, 1.82) is 0 Å². The van der Waals surface area contributed by atoms with Crippen molar-refractivity contribution < 1.29 is 29.0 Å². The third kappa shape index (κ3) is 6.28. The first-order chi connectivity index (χ1) is 17.9. The monoisotopic (exact) mass is 522 g/mol. The Bertz CT molecular complexity index is 1270. The molecule has 1 heterocycles. The van der Waals surface area contributed by atoms with Gasteiger partial charge in [0, 0.05) is 17.1 Å². The van der Waals surface area contributed by atoms with Gasteiger partial charge in [-0.25, -0.2) is 0 Å². The highest BCUT2D eigenvalue weighted by Crippen LogP contribution is 2.33. The molecule has 8 nitrogen and oxygen atoms in total. The third-order valence-electron chi connectivity index (χ3n) is 6.15. The Kier molecular flexibility index (Phi) is 8.43. The zero-order valence-electron chi connectivity index (χ0n) is 20.2. The lowest BCUT2D eigenvalue weighted by Crippen LogP contribution is -2.55. The molecule has 0 radical (unpaired) electrons. The third-order valence-corrected chi connectivity index (χ3v) is 6.38. The van der Waals surface area contributed by atoms with Gasteiger partial charge in [0.1, 0.15) is 18.9 Å². The van der Waals surface area contributed by atoms with Gasteiger partial charge in [-0.1, -0.05) is 72.3 Å². The van der Waals surface area contributed by atoms with Gasteiger partial charge in [-0.05, 0) is 29.3 Å². The summed E-state index contributed by atoms with van der Waals surface area (Å²) < 4.78 is 11.2. The molecule has 1 saturated heterocycles.